The van der Waals surface area contributed by atoms with Crippen molar-refractivity contribution in [3.63, 3.8) is 0 Å². The van der Waals surface area contributed by atoms with Crippen molar-refractivity contribution in [2.45, 2.75) is 25.4 Å². The number of carboxylic acid groups (broad SMARTS) is 1. The third-order valence-electron chi connectivity index (χ3n) is 4.10. The number of aliphatic carboxylic acids is 1. The molecule has 2 heterocycles. The molecule has 1 atom stereocenters. The Morgan fingerprint density at radius 3 is 3.14 bits per heavy atom. The maximum atomic E-state index is 10.8. The highest BCUT2D eigenvalue weighted by atomic mass is 16.5. The van der Waals surface area contributed by atoms with Gasteiger partial charge >= 0.3 is 5.97 Å². The molecule has 1 unspecified atom stereocenters. The number of carboxylic acids is 1. The van der Waals surface area contributed by atoms with E-state index in [0.29, 0.717) is 13.2 Å². The minimum Gasteiger partial charge on any atom is -0.493 e. The van der Waals surface area contributed by atoms with Gasteiger partial charge in [0.05, 0.1) is 25.7 Å². The second-order valence-corrected chi connectivity index (χ2v) is 5.68. The standard InChI is InChI=1S/C16H21NO4/c18-16(19)10-14-11-17(6-8-20-14)5-3-12-1-2-15-13(9-12)4-7-21-15/h1-2,9,14H,3-8,10-11H2,(H,18,19). The summed E-state index contributed by atoms with van der Waals surface area (Å²) < 4.78 is 11.0. The molecule has 3 rings (SSSR count). The minimum absolute atomic E-state index is 0.0900. The van der Waals surface area contributed by atoms with E-state index < -0.39 is 5.97 Å². The average molecular weight is 291 g/mol. The van der Waals surface area contributed by atoms with E-state index in [-0.39, 0.29) is 12.5 Å². The Bertz CT molecular complexity index is 517. The van der Waals surface area contributed by atoms with Crippen molar-refractivity contribution in [1.82, 2.24) is 4.90 Å². The first-order valence-corrected chi connectivity index (χ1v) is 7.51. The van der Waals surface area contributed by atoms with Gasteiger partial charge in [-0.15, -0.1) is 0 Å². The fourth-order valence-corrected chi connectivity index (χ4v) is 2.98. The van der Waals surface area contributed by atoms with Gasteiger partial charge in [0, 0.05) is 26.1 Å². The summed E-state index contributed by atoms with van der Waals surface area (Å²) in [5, 5.41) is 8.84. The fraction of sp³-hybridized carbons (Fsp3) is 0.562. The average Bonchev–Trinajstić information content (AvgIpc) is 2.92. The number of hydrogen-bond acceptors (Lipinski definition) is 4. The number of rotatable bonds is 5. The molecular weight excluding hydrogens is 270 g/mol. The van der Waals surface area contributed by atoms with E-state index in [1.54, 1.807) is 0 Å². The topological polar surface area (TPSA) is 59.0 Å². The quantitative estimate of drug-likeness (QED) is 0.887. The Morgan fingerprint density at radius 1 is 1.38 bits per heavy atom. The summed E-state index contributed by atoms with van der Waals surface area (Å²) in [6.45, 7) is 3.94. The molecule has 0 aromatic heterocycles. The normalized spacial score (nSPS) is 21.8. The van der Waals surface area contributed by atoms with Crippen molar-refractivity contribution < 1.29 is 19.4 Å². The van der Waals surface area contributed by atoms with Crippen LogP contribution >= 0.6 is 0 Å². The lowest BCUT2D eigenvalue weighted by Gasteiger charge is -2.32. The minimum atomic E-state index is -0.791. The molecule has 0 aliphatic carbocycles. The van der Waals surface area contributed by atoms with Gasteiger partial charge in [0.1, 0.15) is 5.75 Å². The monoisotopic (exact) mass is 291 g/mol. The largest absolute Gasteiger partial charge is 0.493 e. The molecule has 1 saturated heterocycles. The number of nitrogens with zero attached hydrogens (tertiary/aromatic N) is 1. The summed E-state index contributed by atoms with van der Waals surface area (Å²) in [5.74, 6) is 0.229. The first kappa shape index (κ1) is 14.4. The SMILES string of the molecule is O=C(O)CC1CN(CCc2ccc3c(c2)CCO3)CCO1. The summed E-state index contributed by atoms with van der Waals surface area (Å²) in [6, 6.07) is 6.42. The van der Waals surface area contributed by atoms with Crippen LogP contribution in [-0.2, 0) is 22.4 Å². The van der Waals surface area contributed by atoms with E-state index in [1.165, 1.54) is 11.1 Å². The molecule has 0 spiro atoms. The zero-order valence-corrected chi connectivity index (χ0v) is 12.1. The van der Waals surface area contributed by atoms with Crippen LogP contribution in [0.3, 0.4) is 0 Å². The van der Waals surface area contributed by atoms with Crippen LogP contribution in [0.4, 0.5) is 0 Å². The third-order valence-corrected chi connectivity index (χ3v) is 4.10. The Morgan fingerprint density at radius 2 is 2.29 bits per heavy atom. The van der Waals surface area contributed by atoms with Crippen LogP contribution < -0.4 is 4.74 Å². The van der Waals surface area contributed by atoms with Gasteiger partial charge in [-0.3, -0.25) is 9.69 Å². The number of ether oxygens (including phenoxy) is 2. The maximum Gasteiger partial charge on any atom is 0.306 e. The summed E-state index contributed by atoms with van der Waals surface area (Å²) >= 11 is 0. The summed E-state index contributed by atoms with van der Waals surface area (Å²) in [7, 11) is 0. The molecule has 2 aliphatic heterocycles. The zero-order valence-electron chi connectivity index (χ0n) is 12.1. The summed E-state index contributed by atoms with van der Waals surface area (Å²) in [6.07, 6.45) is 1.89. The maximum absolute atomic E-state index is 10.8. The molecular formula is C16H21NO4. The lowest BCUT2D eigenvalue weighted by Crippen LogP contribution is -2.44. The van der Waals surface area contributed by atoms with Gasteiger partial charge in [-0.2, -0.15) is 0 Å². The van der Waals surface area contributed by atoms with Crippen molar-refractivity contribution in [3.05, 3.63) is 29.3 Å². The van der Waals surface area contributed by atoms with Crippen molar-refractivity contribution in [2.75, 3.05) is 32.8 Å². The zero-order chi connectivity index (χ0) is 14.7. The Labute approximate surface area is 124 Å². The first-order chi connectivity index (χ1) is 10.2. The van der Waals surface area contributed by atoms with Gasteiger partial charge in [-0.25, -0.2) is 0 Å². The molecule has 0 radical (unpaired) electrons. The van der Waals surface area contributed by atoms with Crippen molar-refractivity contribution in [2.24, 2.45) is 0 Å². The van der Waals surface area contributed by atoms with E-state index in [1.807, 2.05) is 0 Å². The third kappa shape index (κ3) is 3.74. The van der Waals surface area contributed by atoms with Crippen LogP contribution in [-0.4, -0.2) is 54.9 Å². The highest BCUT2D eigenvalue weighted by Gasteiger charge is 2.22. The highest BCUT2D eigenvalue weighted by molar-refractivity contribution is 5.67. The van der Waals surface area contributed by atoms with E-state index in [2.05, 4.69) is 23.1 Å². The lowest BCUT2D eigenvalue weighted by atomic mass is 10.1. The van der Waals surface area contributed by atoms with Crippen molar-refractivity contribution in [1.29, 1.82) is 0 Å². The smallest absolute Gasteiger partial charge is 0.306 e. The van der Waals surface area contributed by atoms with Gasteiger partial charge in [-0.05, 0) is 23.6 Å². The van der Waals surface area contributed by atoms with Crippen LogP contribution in [0, 0.1) is 0 Å². The van der Waals surface area contributed by atoms with Crippen LogP contribution in [0.5, 0.6) is 5.75 Å². The summed E-state index contributed by atoms with van der Waals surface area (Å²) in [4.78, 5) is 13.0. The molecule has 0 saturated carbocycles. The van der Waals surface area contributed by atoms with E-state index >= 15 is 0 Å². The molecule has 0 bridgehead atoms. The van der Waals surface area contributed by atoms with Gasteiger partial charge in [0.15, 0.2) is 0 Å². The predicted octanol–water partition coefficient (Wildman–Crippen LogP) is 1.34. The van der Waals surface area contributed by atoms with Crippen LogP contribution in [0.25, 0.3) is 0 Å². The summed E-state index contributed by atoms with van der Waals surface area (Å²) in [5.41, 5.74) is 2.62. The molecule has 21 heavy (non-hydrogen) atoms. The Kier molecular flexibility index (Phi) is 4.41. The molecule has 114 valence electrons. The molecule has 1 N–H and O–H groups in total. The van der Waals surface area contributed by atoms with Crippen LogP contribution in [0.2, 0.25) is 0 Å². The number of morpholine rings is 1. The number of benzene rings is 1. The van der Waals surface area contributed by atoms with Gasteiger partial charge in [0.2, 0.25) is 0 Å². The van der Waals surface area contributed by atoms with E-state index in [4.69, 9.17) is 14.6 Å². The lowest BCUT2D eigenvalue weighted by molar-refractivity contribution is -0.142. The van der Waals surface area contributed by atoms with Crippen molar-refractivity contribution >= 4 is 5.97 Å². The molecule has 2 aliphatic rings. The highest BCUT2D eigenvalue weighted by Crippen LogP contribution is 2.26. The molecule has 1 aromatic carbocycles. The fourth-order valence-electron chi connectivity index (χ4n) is 2.98. The van der Waals surface area contributed by atoms with E-state index in [9.17, 15) is 4.79 Å². The number of carbonyl (C=O) groups is 1. The predicted molar refractivity (Wildman–Crippen MR) is 77.8 cm³/mol. The van der Waals surface area contributed by atoms with Crippen LogP contribution in [0.15, 0.2) is 18.2 Å². The van der Waals surface area contributed by atoms with Gasteiger partial charge < -0.3 is 14.6 Å². The van der Waals surface area contributed by atoms with E-state index in [0.717, 1.165) is 38.3 Å². The van der Waals surface area contributed by atoms with Crippen molar-refractivity contribution in [3.8, 4) is 5.75 Å². The Hall–Kier alpha value is -1.59. The molecule has 5 nitrogen and oxygen atoms in total. The molecule has 1 fully saturated rings. The second-order valence-electron chi connectivity index (χ2n) is 5.68. The van der Waals surface area contributed by atoms with Gasteiger partial charge in [0.25, 0.3) is 0 Å². The number of hydrogen-bond donors (Lipinski definition) is 1. The Balaban J connectivity index is 1.51. The second kappa shape index (κ2) is 6.45. The van der Waals surface area contributed by atoms with Crippen LogP contribution in [0.1, 0.15) is 17.5 Å². The molecule has 1 aromatic rings. The molecule has 0 amide bonds. The van der Waals surface area contributed by atoms with Gasteiger partial charge in [-0.1, -0.05) is 12.1 Å². The number of fused-ring (bicyclic) bond motifs is 1. The molecule has 5 heteroatoms. The first-order valence-electron chi connectivity index (χ1n) is 7.51.